The number of para-hydroxylation sites is 1. The van der Waals surface area contributed by atoms with E-state index >= 15 is 0 Å². The molecule has 0 saturated heterocycles. The van der Waals surface area contributed by atoms with Crippen molar-refractivity contribution in [3.63, 3.8) is 0 Å². The zero-order chi connectivity index (χ0) is 36.7. The molecule has 0 fully saturated rings. The van der Waals surface area contributed by atoms with Gasteiger partial charge >= 0.3 is 0 Å². The summed E-state index contributed by atoms with van der Waals surface area (Å²) in [5.74, 6) is 0.118. The second kappa shape index (κ2) is 17.3. The van der Waals surface area contributed by atoms with Crippen LogP contribution in [0.4, 0.5) is 0 Å². The highest BCUT2D eigenvalue weighted by molar-refractivity contribution is 6.37. The number of benzene rings is 3. The average molecular weight is 779 g/mol. The number of hydrogen-bond donors (Lipinski definition) is 2. The Hall–Kier alpha value is -5.94. The van der Waals surface area contributed by atoms with E-state index in [2.05, 4.69) is 20.6 Å². The van der Waals surface area contributed by atoms with Gasteiger partial charge in [-0.1, -0.05) is 53.5 Å². The van der Waals surface area contributed by atoms with E-state index in [1.165, 1.54) is 6.08 Å². The number of fused-ring (bicyclic) bond motifs is 1. The first-order valence-electron chi connectivity index (χ1n) is 16.7. The van der Waals surface area contributed by atoms with Crippen molar-refractivity contribution in [3.8, 4) is 17.1 Å². The lowest BCUT2D eigenvalue weighted by Gasteiger charge is -2.17. The Morgan fingerprint density at radius 3 is 2.50 bits per heavy atom. The van der Waals surface area contributed by atoms with Gasteiger partial charge in [0.15, 0.2) is 0 Å². The number of carbonyl (C=O) groups excluding carboxylic acids is 2. The first kappa shape index (κ1) is 37.8. The number of imidazole rings is 1. The number of halogens is 3. The molecule has 0 spiro atoms. The topological polar surface area (TPSA) is 116 Å². The number of aromatic nitrogens is 5. The van der Waals surface area contributed by atoms with Crippen LogP contribution in [0, 0.1) is 6.92 Å². The summed E-state index contributed by atoms with van der Waals surface area (Å²) in [5.41, 5.74) is 6.69. The van der Waals surface area contributed by atoms with Gasteiger partial charge in [0.1, 0.15) is 17.9 Å². The van der Waals surface area contributed by atoms with Gasteiger partial charge in [-0.15, -0.1) is 12.4 Å². The van der Waals surface area contributed by atoms with Gasteiger partial charge in [-0.05, 0) is 79.2 Å². The second-order valence-electron chi connectivity index (χ2n) is 12.1. The number of pyridine rings is 2. The molecule has 0 radical (unpaired) electrons. The fraction of sp³-hybridized carbons (Fsp3) is 0.0976. The molecule has 13 heteroatoms. The van der Waals surface area contributed by atoms with Crippen LogP contribution in [0.1, 0.15) is 38.6 Å². The van der Waals surface area contributed by atoms with Crippen molar-refractivity contribution < 1.29 is 14.3 Å². The number of nitrogens with zero attached hydrogens (tertiary/aromatic N) is 5. The smallest absolute Gasteiger partial charge is 0.251 e. The SMILES string of the molecule is Cc1cc(-n2ccnc2)c2cccc(OCc3c(Cl)ccc(-n4cccc4CNC(=O)/C=C/c4ccc(C(=O)NCc5ccccn5)cc4)c3Cl)c2n1.Cl. The molecule has 54 heavy (non-hydrogen) atoms. The van der Waals surface area contributed by atoms with E-state index in [0.29, 0.717) is 44.7 Å². The lowest BCUT2D eigenvalue weighted by atomic mass is 10.1. The van der Waals surface area contributed by atoms with Crippen LogP contribution >= 0.6 is 35.6 Å². The largest absolute Gasteiger partial charge is 0.487 e. The maximum Gasteiger partial charge on any atom is 0.251 e. The van der Waals surface area contributed by atoms with Crippen LogP contribution in [-0.2, 0) is 24.5 Å². The summed E-state index contributed by atoms with van der Waals surface area (Å²) in [6.07, 6.45) is 12.1. The summed E-state index contributed by atoms with van der Waals surface area (Å²) in [6.45, 7) is 2.63. The molecule has 0 unspecified atom stereocenters. The number of amides is 2. The van der Waals surface area contributed by atoms with Crippen LogP contribution in [0.25, 0.3) is 28.4 Å². The van der Waals surface area contributed by atoms with Crippen molar-refractivity contribution >= 4 is 64.4 Å². The molecule has 4 heterocycles. The lowest BCUT2D eigenvalue weighted by molar-refractivity contribution is -0.116. The minimum Gasteiger partial charge on any atom is -0.487 e. The molecule has 2 N–H and O–H groups in total. The van der Waals surface area contributed by atoms with Crippen LogP contribution in [-0.4, -0.2) is 35.9 Å². The van der Waals surface area contributed by atoms with Crippen LogP contribution < -0.4 is 15.4 Å². The first-order valence-corrected chi connectivity index (χ1v) is 17.5. The fourth-order valence-electron chi connectivity index (χ4n) is 5.84. The van der Waals surface area contributed by atoms with E-state index in [0.717, 1.165) is 33.7 Å². The molecule has 10 nitrogen and oxygen atoms in total. The van der Waals surface area contributed by atoms with E-state index in [9.17, 15) is 9.59 Å². The Balaban J connectivity index is 0.00000497. The highest BCUT2D eigenvalue weighted by atomic mass is 35.5. The lowest BCUT2D eigenvalue weighted by Crippen LogP contribution is -2.23. The van der Waals surface area contributed by atoms with Gasteiger partial charge in [0.05, 0.1) is 41.5 Å². The Morgan fingerprint density at radius 1 is 0.870 bits per heavy atom. The molecular weight excluding hydrogens is 745 g/mol. The van der Waals surface area contributed by atoms with Crippen molar-refractivity contribution in [1.82, 2.24) is 34.7 Å². The molecule has 0 aliphatic heterocycles. The normalized spacial score (nSPS) is 11.0. The Kier molecular flexibility index (Phi) is 12.1. The van der Waals surface area contributed by atoms with Crippen LogP contribution in [0.2, 0.25) is 10.0 Å². The third kappa shape index (κ3) is 8.64. The van der Waals surface area contributed by atoms with Gasteiger partial charge in [-0.2, -0.15) is 0 Å². The van der Waals surface area contributed by atoms with Crippen molar-refractivity contribution in [2.24, 2.45) is 0 Å². The van der Waals surface area contributed by atoms with Crippen LogP contribution in [0.5, 0.6) is 5.75 Å². The van der Waals surface area contributed by atoms with Crippen molar-refractivity contribution in [2.75, 3.05) is 0 Å². The van der Waals surface area contributed by atoms with E-state index in [4.69, 9.17) is 32.9 Å². The number of rotatable bonds is 12. The van der Waals surface area contributed by atoms with E-state index < -0.39 is 0 Å². The van der Waals surface area contributed by atoms with Crippen molar-refractivity contribution in [3.05, 3.63) is 172 Å². The fourth-order valence-corrected chi connectivity index (χ4v) is 6.41. The molecular formula is C41H34Cl3N7O3. The molecule has 272 valence electrons. The summed E-state index contributed by atoms with van der Waals surface area (Å²) in [4.78, 5) is 38.5. The number of nitrogens with one attached hydrogen (secondary N) is 2. The maximum absolute atomic E-state index is 12.8. The molecule has 7 aromatic rings. The Labute approximate surface area is 327 Å². The zero-order valence-corrected chi connectivity index (χ0v) is 31.3. The molecule has 0 bridgehead atoms. The third-order valence-corrected chi connectivity index (χ3v) is 9.30. The minimum absolute atomic E-state index is 0. The van der Waals surface area contributed by atoms with Gasteiger partial charge in [0.2, 0.25) is 5.91 Å². The van der Waals surface area contributed by atoms with Crippen LogP contribution in [0.15, 0.2) is 128 Å². The van der Waals surface area contributed by atoms with Crippen LogP contribution in [0.3, 0.4) is 0 Å². The predicted molar refractivity (Wildman–Crippen MR) is 214 cm³/mol. The number of aryl methyl sites for hydroxylation is 1. The summed E-state index contributed by atoms with van der Waals surface area (Å²) in [6, 6.07) is 27.8. The van der Waals surface area contributed by atoms with E-state index in [1.54, 1.807) is 55.1 Å². The first-order chi connectivity index (χ1) is 25.8. The molecule has 3 aromatic carbocycles. The number of carbonyl (C=O) groups is 2. The van der Waals surface area contributed by atoms with Crippen molar-refractivity contribution in [2.45, 2.75) is 26.6 Å². The molecule has 0 atom stereocenters. The monoisotopic (exact) mass is 777 g/mol. The third-order valence-electron chi connectivity index (χ3n) is 8.52. The molecule has 7 rings (SSSR count). The van der Waals surface area contributed by atoms with E-state index in [-0.39, 0.29) is 37.4 Å². The highest BCUT2D eigenvalue weighted by Crippen LogP contribution is 2.34. The molecule has 2 amide bonds. The number of ether oxygens (including phenoxy) is 1. The van der Waals surface area contributed by atoms with Gasteiger partial charge in [-0.25, -0.2) is 9.97 Å². The van der Waals surface area contributed by atoms with Gasteiger partial charge in [0.25, 0.3) is 5.91 Å². The average Bonchev–Trinajstić information content (AvgIpc) is 3.89. The minimum atomic E-state index is -0.277. The van der Waals surface area contributed by atoms with E-state index in [1.807, 2.05) is 89.1 Å². The quantitative estimate of drug-likeness (QED) is 0.120. The molecule has 4 aromatic heterocycles. The Morgan fingerprint density at radius 2 is 1.72 bits per heavy atom. The molecule has 0 saturated carbocycles. The number of hydrogen-bond acceptors (Lipinski definition) is 6. The van der Waals surface area contributed by atoms with Gasteiger partial charge < -0.3 is 24.5 Å². The van der Waals surface area contributed by atoms with Gasteiger partial charge in [-0.3, -0.25) is 14.6 Å². The summed E-state index contributed by atoms with van der Waals surface area (Å²) in [5, 5.41) is 7.60. The Bertz CT molecular complexity index is 2430. The van der Waals surface area contributed by atoms with Gasteiger partial charge in [0, 0.05) is 63.8 Å². The zero-order valence-electron chi connectivity index (χ0n) is 28.9. The maximum atomic E-state index is 12.8. The van der Waals surface area contributed by atoms with Crippen molar-refractivity contribution in [1.29, 1.82) is 0 Å². The summed E-state index contributed by atoms with van der Waals surface area (Å²) in [7, 11) is 0. The second-order valence-corrected chi connectivity index (χ2v) is 12.9. The predicted octanol–water partition coefficient (Wildman–Crippen LogP) is 8.48. The summed E-state index contributed by atoms with van der Waals surface area (Å²) >= 11 is 13.7. The summed E-state index contributed by atoms with van der Waals surface area (Å²) < 4.78 is 10.2. The molecule has 0 aliphatic rings. The molecule has 0 aliphatic carbocycles. The standard InChI is InChI=1S/C41H33Cl2N7O3.ClH/c1-27-22-36(49-21-19-44-26-49)32-8-4-9-37(40(32)48-27)53-25-33-34(42)15-16-35(39(33)43)50-20-5-7-31(50)24-46-38(51)17-12-28-10-13-29(14-11-28)41(52)47-23-30-6-2-3-18-45-30;/h2-22,26H,23-25H2,1H3,(H,46,51)(H,47,52);1H/b17-12+;. The highest BCUT2D eigenvalue weighted by Gasteiger charge is 2.17.